The number of thiophene rings is 2. The zero-order valence-electron chi connectivity index (χ0n) is 41.4. The highest BCUT2D eigenvalue weighted by Gasteiger charge is 2.47. The van der Waals surface area contributed by atoms with Crippen LogP contribution in [0.3, 0.4) is 0 Å². The number of hydrogen-bond acceptors (Lipinski definition) is 3. The lowest BCUT2D eigenvalue weighted by Crippen LogP contribution is -2.28. The van der Waals surface area contributed by atoms with Crippen molar-refractivity contribution < 1.29 is 0 Å². The number of hydrogen-bond donors (Lipinski definition) is 0. The molecule has 0 bridgehead atoms. The summed E-state index contributed by atoms with van der Waals surface area (Å²) in [5, 5.41) is 5.29. The highest BCUT2D eigenvalue weighted by molar-refractivity contribution is 7.26. The van der Waals surface area contributed by atoms with E-state index in [1.54, 1.807) is 0 Å². The molecule has 15 rings (SSSR count). The quantitative estimate of drug-likeness (QED) is 0.139. The largest absolute Gasteiger partial charge is 0.310 e. The minimum absolute atomic E-state index is 0.521. The lowest BCUT2D eigenvalue weighted by molar-refractivity contribution is 0.768. The molecule has 0 aliphatic heterocycles. The fourth-order valence-corrected chi connectivity index (χ4v) is 14.8. The minimum Gasteiger partial charge on any atom is -0.310 e. The van der Waals surface area contributed by atoms with Crippen LogP contribution in [0.5, 0.6) is 0 Å². The molecular formula is C73H47NS2. The van der Waals surface area contributed by atoms with Crippen molar-refractivity contribution in [3.63, 3.8) is 0 Å². The maximum absolute atomic E-state index is 2.47. The van der Waals surface area contributed by atoms with Gasteiger partial charge < -0.3 is 4.90 Å². The minimum atomic E-state index is -0.521. The molecule has 0 unspecified atom stereocenters. The molecule has 0 radical (unpaired) electrons. The molecule has 0 atom stereocenters. The SMILES string of the molecule is c1ccc(C2(c3ccccc3)c3ccccc3-c3c(N(c4ccc(-c5ccc(-c6cccc7c6sc6ccccc67)cc5)cc4)c4ccc(-c5ccc(-c6cccc7c6sc6ccccc67)cc5)cc4)cccc32)cc1. The molecule has 0 spiro atoms. The van der Waals surface area contributed by atoms with E-state index in [1.807, 2.05) is 22.7 Å². The Morgan fingerprint density at radius 3 is 1.13 bits per heavy atom. The van der Waals surface area contributed by atoms with Gasteiger partial charge in [-0.05, 0) is 115 Å². The van der Waals surface area contributed by atoms with Crippen molar-refractivity contribution in [2.24, 2.45) is 0 Å². The van der Waals surface area contributed by atoms with Gasteiger partial charge in [0.25, 0.3) is 0 Å². The van der Waals surface area contributed by atoms with Crippen LogP contribution >= 0.6 is 22.7 Å². The molecule has 2 heterocycles. The van der Waals surface area contributed by atoms with Crippen molar-refractivity contribution in [3.05, 3.63) is 307 Å². The van der Waals surface area contributed by atoms with E-state index in [0.29, 0.717) is 0 Å². The molecule has 0 amide bonds. The average molecular weight is 1000 g/mol. The first-order valence-electron chi connectivity index (χ1n) is 26.1. The molecule has 0 saturated heterocycles. The van der Waals surface area contributed by atoms with Crippen molar-refractivity contribution in [2.45, 2.75) is 5.41 Å². The van der Waals surface area contributed by atoms with Crippen molar-refractivity contribution >= 4 is 80.1 Å². The van der Waals surface area contributed by atoms with Gasteiger partial charge in [0.15, 0.2) is 0 Å². The van der Waals surface area contributed by atoms with Crippen LogP contribution in [0.2, 0.25) is 0 Å². The van der Waals surface area contributed by atoms with Crippen LogP contribution in [0, 0.1) is 0 Å². The third-order valence-electron chi connectivity index (χ3n) is 15.8. The Kier molecular flexibility index (Phi) is 10.6. The summed E-state index contributed by atoms with van der Waals surface area (Å²) in [7, 11) is 0. The Balaban J connectivity index is 0.836. The lowest BCUT2D eigenvalue weighted by Gasteiger charge is -2.34. The second-order valence-corrected chi connectivity index (χ2v) is 22.0. The maximum Gasteiger partial charge on any atom is 0.0714 e. The third-order valence-corrected chi connectivity index (χ3v) is 18.3. The molecule has 0 N–H and O–H groups in total. The number of fused-ring (bicyclic) bond motifs is 9. The molecule has 2 aromatic heterocycles. The summed E-state index contributed by atoms with van der Waals surface area (Å²) in [6.07, 6.45) is 0. The van der Waals surface area contributed by atoms with Gasteiger partial charge in [-0.1, -0.05) is 243 Å². The molecular weight excluding hydrogens is 955 g/mol. The number of rotatable bonds is 9. The predicted octanol–water partition coefficient (Wildman–Crippen LogP) is 20.9. The standard InChI is InChI=1S/C73H47NS2/c1-3-16-54(17-4-1)73(55-18-5-2-6-19-55)65-27-10-7-22-64(65)70-66(73)28-15-29-67(70)74(56-44-40-50(41-45-56)48-32-36-52(37-33-48)58-23-13-25-62-60-20-8-11-30-68(60)75-71(58)62)57-46-42-51(43-47-57)49-34-38-53(39-35-49)59-24-14-26-63-61-21-9-12-31-69(61)76-72(59)63/h1-47H. The summed E-state index contributed by atoms with van der Waals surface area (Å²) in [5.74, 6) is 0. The molecule has 3 heteroatoms. The Labute approximate surface area is 450 Å². The Morgan fingerprint density at radius 2 is 0.632 bits per heavy atom. The molecule has 12 aromatic carbocycles. The molecule has 356 valence electrons. The molecule has 0 fully saturated rings. The molecule has 1 aliphatic rings. The normalized spacial score (nSPS) is 12.6. The first-order valence-corrected chi connectivity index (χ1v) is 27.7. The zero-order chi connectivity index (χ0) is 50.2. The topological polar surface area (TPSA) is 3.24 Å². The van der Waals surface area contributed by atoms with Crippen LogP contribution in [-0.2, 0) is 5.41 Å². The number of nitrogens with zero attached hydrogens (tertiary/aromatic N) is 1. The fourth-order valence-electron chi connectivity index (χ4n) is 12.3. The monoisotopic (exact) mass is 1000 g/mol. The van der Waals surface area contributed by atoms with Gasteiger partial charge in [-0.15, -0.1) is 22.7 Å². The van der Waals surface area contributed by atoms with Gasteiger partial charge in [0.05, 0.1) is 11.1 Å². The molecule has 0 saturated carbocycles. The van der Waals surface area contributed by atoms with E-state index in [1.165, 1.54) is 118 Å². The Morgan fingerprint density at radius 1 is 0.263 bits per heavy atom. The third kappa shape index (κ3) is 7.04. The molecule has 1 nitrogen and oxygen atoms in total. The van der Waals surface area contributed by atoms with Crippen LogP contribution in [-0.4, -0.2) is 0 Å². The summed E-state index contributed by atoms with van der Waals surface area (Å²) >= 11 is 3.76. The van der Waals surface area contributed by atoms with Crippen molar-refractivity contribution in [1.82, 2.24) is 0 Å². The Bertz CT molecular complexity index is 4230. The molecule has 14 aromatic rings. The molecule has 1 aliphatic carbocycles. The summed E-state index contributed by atoms with van der Waals surface area (Å²) in [6.45, 7) is 0. The number of benzene rings is 12. The van der Waals surface area contributed by atoms with Crippen molar-refractivity contribution in [2.75, 3.05) is 4.90 Å². The van der Waals surface area contributed by atoms with Crippen molar-refractivity contribution in [3.8, 4) is 55.6 Å². The average Bonchev–Trinajstić information content (AvgIpc) is 4.29. The smallest absolute Gasteiger partial charge is 0.0714 e. The van der Waals surface area contributed by atoms with Gasteiger partial charge in [0, 0.05) is 57.3 Å². The van der Waals surface area contributed by atoms with Crippen LogP contribution < -0.4 is 4.90 Å². The number of anilines is 3. The van der Waals surface area contributed by atoms with Gasteiger partial charge in [0.2, 0.25) is 0 Å². The summed E-state index contributed by atoms with van der Waals surface area (Å²) in [6, 6.07) is 106. The highest BCUT2D eigenvalue weighted by atomic mass is 32.1. The van der Waals surface area contributed by atoms with Crippen LogP contribution in [0.25, 0.3) is 96.0 Å². The fraction of sp³-hybridized carbons (Fsp3) is 0.0137. The van der Waals surface area contributed by atoms with Crippen LogP contribution in [0.15, 0.2) is 285 Å². The van der Waals surface area contributed by atoms with Gasteiger partial charge in [0.1, 0.15) is 0 Å². The van der Waals surface area contributed by atoms with E-state index in [9.17, 15) is 0 Å². The van der Waals surface area contributed by atoms with Gasteiger partial charge in [-0.25, -0.2) is 0 Å². The second-order valence-electron chi connectivity index (χ2n) is 19.9. The second kappa shape index (κ2) is 18.1. The predicted molar refractivity (Wildman–Crippen MR) is 326 cm³/mol. The van der Waals surface area contributed by atoms with Crippen molar-refractivity contribution in [1.29, 1.82) is 0 Å². The van der Waals surface area contributed by atoms with E-state index in [0.717, 1.165) is 17.1 Å². The van der Waals surface area contributed by atoms with Gasteiger partial charge in [-0.3, -0.25) is 0 Å². The molecule has 76 heavy (non-hydrogen) atoms. The first-order chi connectivity index (χ1) is 37.7. The lowest BCUT2D eigenvalue weighted by atomic mass is 9.68. The van der Waals surface area contributed by atoms with E-state index in [4.69, 9.17) is 0 Å². The summed E-state index contributed by atoms with van der Waals surface area (Å²) < 4.78 is 5.32. The maximum atomic E-state index is 2.47. The van der Waals surface area contributed by atoms with E-state index >= 15 is 0 Å². The Hall–Kier alpha value is -9.12. The van der Waals surface area contributed by atoms with Crippen LogP contribution in [0.1, 0.15) is 22.3 Å². The highest BCUT2D eigenvalue weighted by Crippen LogP contribution is 2.59. The summed E-state index contributed by atoms with van der Waals surface area (Å²) in [5.41, 5.74) is 20.1. The van der Waals surface area contributed by atoms with E-state index in [2.05, 4.69) is 290 Å². The summed E-state index contributed by atoms with van der Waals surface area (Å²) in [4.78, 5) is 2.47. The van der Waals surface area contributed by atoms with Gasteiger partial charge in [-0.2, -0.15) is 0 Å². The first kappa shape index (κ1) is 44.4. The van der Waals surface area contributed by atoms with E-state index in [-0.39, 0.29) is 0 Å². The van der Waals surface area contributed by atoms with Gasteiger partial charge >= 0.3 is 0 Å². The zero-order valence-corrected chi connectivity index (χ0v) is 43.0. The van der Waals surface area contributed by atoms with Crippen LogP contribution in [0.4, 0.5) is 17.1 Å². The van der Waals surface area contributed by atoms with E-state index < -0.39 is 5.41 Å².